The van der Waals surface area contributed by atoms with Crippen molar-refractivity contribution in [3.05, 3.63) is 77.3 Å². The number of aromatic nitrogens is 1. The van der Waals surface area contributed by atoms with Gasteiger partial charge in [0.2, 0.25) is 0 Å². The fourth-order valence-corrected chi connectivity index (χ4v) is 5.37. The molecule has 0 aliphatic carbocycles. The van der Waals surface area contributed by atoms with Crippen molar-refractivity contribution in [3.63, 3.8) is 0 Å². The summed E-state index contributed by atoms with van der Waals surface area (Å²) in [6, 6.07) is 8.78. The summed E-state index contributed by atoms with van der Waals surface area (Å²) in [4.78, 5) is 23.6. The molecular weight excluding hydrogens is 549 g/mol. The van der Waals surface area contributed by atoms with Crippen molar-refractivity contribution in [1.29, 1.82) is 0 Å². The summed E-state index contributed by atoms with van der Waals surface area (Å²) in [6.45, 7) is 3.15. The molecule has 2 aromatic rings. The standard InChI is InChI=1S/C26H26BrF3N6O/c1-25-22(27)15-33-36(25)23(32-14-17-6-4-10-31-13-17)12-21(34-25)18-7-5-11-35(16-18)24(37)19-8-2-3-9-20(19)26(28,29)30/h2-4,6,8-10,12-13,15,18,22,34H,5,7,11,14,16H2,1H3. The Labute approximate surface area is 221 Å². The van der Waals surface area contributed by atoms with Crippen molar-refractivity contribution in [1.82, 2.24) is 20.2 Å². The summed E-state index contributed by atoms with van der Waals surface area (Å²) in [7, 11) is 0. The molecule has 37 heavy (non-hydrogen) atoms. The maximum Gasteiger partial charge on any atom is 0.417 e. The monoisotopic (exact) mass is 574 g/mol. The van der Waals surface area contributed by atoms with Gasteiger partial charge in [-0.25, -0.2) is 5.01 Å². The molecule has 0 saturated carbocycles. The molecule has 3 aliphatic heterocycles. The molecule has 0 spiro atoms. The van der Waals surface area contributed by atoms with Gasteiger partial charge in [0.1, 0.15) is 11.5 Å². The van der Waals surface area contributed by atoms with E-state index in [9.17, 15) is 18.0 Å². The van der Waals surface area contributed by atoms with Crippen LogP contribution >= 0.6 is 15.9 Å². The van der Waals surface area contributed by atoms with E-state index in [0.717, 1.165) is 23.7 Å². The van der Waals surface area contributed by atoms with Gasteiger partial charge in [0.05, 0.1) is 22.5 Å². The third kappa shape index (κ3) is 5.01. The SMILES string of the molecule is CC12NC(C3CCCN(C(=O)c4ccccc4C(F)(F)F)C3)=CC(=NCc3cccnc3)N1N=CC2Br. The van der Waals surface area contributed by atoms with Crippen LogP contribution in [0.25, 0.3) is 0 Å². The minimum absolute atomic E-state index is 0.0846. The number of nitrogens with zero attached hydrogens (tertiary/aromatic N) is 5. The first-order valence-corrected chi connectivity index (χ1v) is 13.0. The summed E-state index contributed by atoms with van der Waals surface area (Å²) in [5.74, 6) is -0.0160. The molecule has 1 saturated heterocycles. The van der Waals surface area contributed by atoms with E-state index in [-0.39, 0.29) is 16.3 Å². The van der Waals surface area contributed by atoms with Crippen molar-refractivity contribution in [3.8, 4) is 0 Å². The molecule has 4 heterocycles. The number of amides is 1. The second-order valence-electron chi connectivity index (χ2n) is 9.52. The van der Waals surface area contributed by atoms with Gasteiger partial charge in [0, 0.05) is 49.4 Å². The molecule has 11 heteroatoms. The zero-order valence-electron chi connectivity index (χ0n) is 20.1. The Morgan fingerprint density at radius 3 is 2.84 bits per heavy atom. The lowest BCUT2D eigenvalue weighted by molar-refractivity contribution is -0.138. The van der Waals surface area contributed by atoms with Gasteiger partial charge in [-0.05, 0) is 43.5 Å². The van der Waals surface area contributed by atoms with E-state index in [0.29, 0.717) is 31.9 Å². The highest BCUT2D eigenvalue weighted by Crippen LogP contribution is 2.37. The molecule has 0 bridgehead atoms. The molecule has 5 rings (SSSR count). The Balaban J connectivity index is 1.41. The number of hydrogen-bond acceptors (Lipinski definition) is 5. The van der Waals surface area contributed by atoms with Crippen molar-refractivity contribution in [2.45, 2.75) is 43.0 Å². The van der Waals surface area contributed by atoms with Crippen LogP contribution in [0.15, 0.2) is 70.7 Å². The number of rotatable bonds is 4. The number of hydrogen-bond donors (Lipinski definition) is 1. The number of aliphatic imine (C=N–C) groups is 1. The van der Waals surface area contributed by atoms with E-state index in [2.05, 4.69) is 31.3 Å². The highest BCUT2D eigenvalue weighted by atomic mass is 79.9. The number of pyridine rings is 1. The van der Waals surface area contributed by atoms with Crippen LogP contribution in [0, 0.1) is 5.92 Å². The number of carbonyl (C=O) groups is 1. The smallest absolute Gasteiger partial charge is 0.363 e. The van der Waals surface area contributed by atoms with Crippen LogP contribution in [0.1, 0.15) is 41.3 Å². The minimum Gasteiger partial charge on any atom is -0.363 e. The second kappa shape index (κ2) is 9.92. The molecule has 7 nitrogen and oxygen atoms in total. The van der Waals surface area contributed by atoms with Crippen LogP contribution in [-0.4, -0.2) is 56.4 Å². The molecule has 3 unspecified atom stereocenters. The molecule has 1 amide bonds. The zero-order valence-corrected chi connectivity index (χ0v) is 21.7. The number of alkyl halides is 4. The zero-order chi connectivity index (χ0) is 26.2. The molecule has 1 N–H and O–H groups in total. The predicted octanol–water partition coefficient (Wildman–Crippen LogP) is 4.82. The van der Waals surface area contributed by atoms with Crippen molar-refractivity contribution in [2.24, 2.45) is 16.0 Å². The van der Waals surface area contributed by atoms with Crippen molar-refractivity contribution < 1.29 is 18.0 Å². The Morgan fingerprint density at radius 1 is 1.27 bits per heavy atom. The summed E-state index contributed by atoms with van der Waals surface area (Å²) < 4.78 is 40.7. The Bertz CT molecular complexity index is 1260. The molecule has 194 valence electrons. The number of fused-ring (bicyclic) bond motifs is 1. The van der Waals surface area contributed by atoms with Crippen LogP contribution in [-0.2, 0) is 12.7 Å². The lowest BCUT2D eigenvalue weighted by Crippen LogP contribution is -2.62. The molecule has 1 aromatic carbocycles. The van der Waals surface area contributed by atoms with Gasteiger partial charge in [-0.3, -0.25) is 14.8 Å². The first-order chi connectivity index (χ1) is 17.7. The van der Waals surface area contributed by atoms with Gasteiger partial charge in [0.25, 0.3) is 5.91 Å². The quantitative estimate of drug-likeness (QED) is 0.531. The lowest BCUT2D eigenvalue weighted by Gasteiger charge is -2.45. The number of benzene rings is 1. The first kappa shape index (κ1) is 25.4. The van der Waals surface area contributed by atoms with Gasteiger partial charge in [-0.15, -0.1) is 0 Å². The lowest BCUT2D eigenvalue weighted by atomic mass is 9.90. The summed E-state index contributed by atoms with van der Waals surface area (Å²) in [5, 5.41) is 9.95. The maximum atomic E-state index is 13.6. The molecule has 3 atom stereocenters. The Morgan fingerprint density at radius 2 is 2.08 bits per heavy atom. The van der Waals surface area contributed by atoms with E-state index in [1.165, 1.54) is 23.1 Å². The van der Waals surface area contributed by atoms with E-state index < -0.39 is 23.3 Å². The first-order valence-electron chi connectivity index (χ1n) is 12.0. The van der Waals surface area contributed by atoms with E-state index in [1.807, 2.05) is 30.1 Å². The average molecular weight is 575 g/mol. The number of halogens is 4. The van der Waals surface area contributed by atoms with Gasteiger partial charge in [-0.1, -0.05) is 34.1 Å². The Hall–Kier alpha value is -3.21. The molecule has 0 radical (unpaired) electrons. The van der Waals surface area contributed by atoms with E-state index in [4.69, 9.17) is 4.99 Å². The van der Waals surface area contributed by atoms with E-state index >= 15 is 0 Å². The summed E-state index contributed by atoms with van der Waals surface area (Å²) >= 11 is 3.69. The van der Waals surface area contributed by atoms with Crippen molar-refractivity contribution >= 4 is 33.9 Å². The van der Waals surface area contributed by atoms with Gasteiger partial charge >= 0.3 is 6.18 Å². The molecule has 1 aromatic heterocycles. The van der Waals surface area contributed by atoms with Gasteiger partial charge in [-0.2, -0.15) is 18.3 Å². The van der Waals surface area contributed by atoms with Crippen LogP contribution in [0.3, 0.4) is 0 Å². The Kier molecular flexibility index (Phi) is 6.82. The number of likely N-dealkylation sites (tertiary alicyclic amines) is 1. The molecule has 1 fully saturated rings. The van der Waals surface area contributed by atoms with Gasteiger partial charge in [0.15, 0.2) is 0 Å². The number of amidine groups is 1. The molecule has 3 aliphatic rings. The number of carbonyl (C=O) groups excluding carboxylic acids is 1. The highest BCUT2D eigenvalue weighted by molar-refractivity contribution is 9.10. The summed E-state index contributed by atoms with van der Waals surface area (Å²) in [6.07, 6.45) is 4.08. The number of nitrogens with one attached hydrogen (secondary N) is 1. The highest BCUT2D eigenvalue weighted by Gasteiger charge is 2.48. The maximum absolute atomic E-state index is 13.6. The number of piperidine rings is 1. The van der Waals surface area contributed by atoms with Gasteiger partial charge < -0.3 is 10.2 Å². The third-order valence-corrected chi connectivity index (χ3v) is 8.07. The largest absolute Gasteiger partial charge is 0.417 e. The fourth-order valence-electron chi connectivity index (χ4n) is 4.95. The van der Waals surface area contributed by atoms with Crippen LogP contribution in [0.5, 0.6) is 0 Å². The fraction of sp³-hybridized carbons (Fsp3) is 0.385. The van der Waals surface area contributed by atoms with Crippen LogP contribution in [0.2, 0.25) is 0 Å². The predicted molar refractivity (Wildman–Crippen MR) is 138 cm³/mol. The minimum atomic E-state index is -4.60. The number of hydrazone groups is 1. The second-order valence-corrected chi connectivity index (χ2v) is 10.5. The summed E-state index contributed by atoms with van der Waals surface area (Å²) in [5.41, 5.74) is 0.00689. The average Bonchev–Trinajstić information content (AvgIpc) is 3.21. The third-order valence-electron chi connectivity index (χ3n) is 6.95. The van der Waals surface area contributed by atoms with Crippen molar-refractivity contribution in [2.75, 3.05) is 13.1 Å². The van der Waals surface area contributed by atoms with Crippen LogP contribution < -0.4 is 5.32 Å². The van der Waals surface area contributed by atoms with Crippen LogP contribution in [0.4, 0.5) is 13.2 Å². The topological polar surface area (TPSA) is 73.2 Å². The molecular formula is C26H26BrF3N6O. The normalized spacial score (nSPS) is 26.6. The van der Waals surface area contributed by atoms with E-state index in [1.54, 1.807) is 18.6 Å².